The topological polar surface area (TPSA) is 88.5 Å². The fourth-order valence-electron chi connectivity index (χ4n) is 5.89. The number of carbonyl (C=O) groups is 1. The van der Waals surface area contributed by atoms with Gasteiger partial charge in [0.2, 0.25) is 0 Å². The summed E-state index contributed by atoms with van der Waals surface area (Å²) < 4.78 is 55.1. The molecule has 3 aromatic rings. The molecule has 0 unspecified atom stereocenters. The van der Waals surface area contributed by atoms with Gasteiger partial charge in [-0.25, -0.2) is 19.3 Å². The number of halogens is 4. The molecule has 14 heteroatoms. The number of aromatic nitrogens is 3. The van der Waals surface area contributed by atoms with Crippen LogP contribution in [0.4, 0.5) is 23.4 Å². The van der Waals surface area contributed by atoms with E-state index in [0.29, 0.717) is 80.4 Å². The summed E-state index contributed by atoms with van der Waals surface area (Å²) in [6, 6.07) is 5.14. The molecule has 44 heavy (non-hydrogen) atoms. The average molecular weight is 643 g/mol. The number of hydrogen-bond donors (Lipinski definition) is 0. The Morgan fingerprint density at radius 1 is 1.02 bits per heavy atom. The Morgan fingerprint density at radius 2 is 1.70 bits per heavy atom. The Kier molecular flexibility index (Phi) is 11.4. The fraction of sp³-hybridized carbons (Fsp3) is 0.533. The second kappa shape index (κ2) is 14.5. The smallest absolute Gasteiger partial charge is 0.550 e. The Balaban J connectivity index is 0.00000442. The molecule has 2 aliphatic rings. The van der Waals surface area contributed by atoms with Gasteiger partial charge in [0.15, 0.2) is 0 Å². The molecule has 2 fully saturated rings. The van der Waals surface area contributed by atoms with Crippen molar-refractivity contribution in [1.82, 2.24) is 24.8 Å². The van der Waals surface area contributed by atoms with E-state index in [9.17, 15) is 27.5 Å². The Hall–Kier alpha value is -2.16. The minimum absolute atomic E-state index is 0. The summed E-state index contributed by atoms with van der Waals surface area (Å²) in [4.78, 5) is 32.1. The molecule has 0 bridgehead atoms. The average Bonchev–Trinajstić information content (AvgIpc) is 3.48. The second-order valence-corrected chi connectivity index (χ2v) is 12.6. The first-order valence-corrected chi connectivity index (χ1v) is 15.3. The van der Waals surface area contributed by atoms with Crippen molar-refractivity contribution < 1.29 is 57.0 Å². The molecule has 0 spiro atoms. The van der Waals surface area contributed by atoms with Gasteiger partial charge in [-0.05, 0) is 58.2 Å². The van der Waals surface area contributed by atoms with Crippen LogP contribution in [-0.4, -0.2) is 75.5 Å². The standard InChI is InChI=1S/C30H36F4N6O2S.Na/c1-18-4-5-19(2)40(18)17-25-29(21-12-22(30(32,33)34)14-23(31)13-21)37-27(43-25)16-24-15-26(36-20(3)35-24)39-10-8-38(9-11-39)7-6-28(41)42;/h12-15,18-19H,4-11,16-17H2,1-3H3,(H,41,42);/q;+1/p-1/t18-,19-;/m1./s1. The number of rotatable bonds is 9. The molecule has 0 aliphatic carbocycles. The van der Waals surface area contributed by atoms with E-state index in [1.807, 2.05) is 13.0 Å². The van der Waals surface area contributed by atoms with Crippen molar-refractivity contribution >= 4 is 23.1 Å². The number of piperazine rings is 1. The molecule has 0 radical (unpaired) electrons. The molecule has 5 rings (SSSR count). The number of anilines is 1. The number of carboxylic acids is 1. The van der Waals surface area contributed by atoms with Crippen molar-refractivity contribution in [1.29, 1.82) is 0 Å². The number of aliphatic carboxylic acids is 1. The first kappa shape index (κ1) is 34.7. The molecule has 4 heterocycles. The summed E-state index contributed by atoms with van der Waals surface area (Å²) in [5.41, 5.74) is 0.170. The van der Waals surface area contributed by atoms with Gasteiger partial charge < -0.3 is 14.8 Å². The van der Waals surface area contributed by atoms with Crippen LogP contribution in [0.15, 0.2) is 24.3 Å². The summed E-state index contributed by atoms with van der Waals surface area (Å²) in [6.07, 6.45) is -2.26. The second-order valence-electron chi connectivity index (χ2n) is 11.4. The summed E-state index contributed by atoms with van der Waals surface area (Å²) in [7, 11) is 0. The van der Waals surface area contributed by atoms with Crippen LogP contribution in [0.25, 0.3) is 11.3 Å². The van der Waals surface area contributed by atoms with Gasteiger partial charge in [0.25, 0.3) is 0 Å². The van der Waals surface area contributed by atoms with Crippen molar-refractivity contribution in [3.05, 3.63) is 57.0 Å². The van der Waals surface area contributed by atoms with Gasteiger partial charge in [-0.1, -0.05) is 0 Å². The first-order valence-electron chi connectivity index (χ1n) is 14.5. The maximum atomic E-state index is 14.4. The van der Waals surface area contributed by atoms with Gasteiger partial charge in [0.05, 0.1) is 22.0 Å². The molecule has 2 saturated heterocycles. The van der Waals surface area contributed by atoms with E-state index in [0.717, 1.165) is 41.4 Å². The molecule has 2 aromatic heterocycles. The molecule has 2 atom stereocenters. The summed E-state index contributed by atoms with van der Waals surface area (Å²) in [6.45, 7) is 9.82. The molecule has 1 aromatic carbocycles. The number of hydrogen-bond acceptors (Lipinski definition) is 9. The van der Waals surface area contributed by atoms with Gasteiger partial charge in [0, 0.05) is 80.2 Å². The minimum atomic E-state index is -4.68. The summed E-state index contributed by atoms with van der Waals surface area (Å²) >= 11 is 1.42. The van der Waals surface area contributed by atoms with Crippen LogP contribution >= 0.6 is 11.3 Å². The van der Waals surface area contributed by atoms with Crippen LogP contribution in [0.5, 0.6) is 0 Å². The Morgan fingerprint density at radius 3 is 2.34 bits per heavy atom. The van der Waals surface area contributed by atoms with E-state index in [1.165, 1.54) is 11.3 Å². The molecule has 0 saturated carbocycles. The van der Waals surface area contributed by atoms with Crippen LogP contribution in [0, 0.1) is 12.7 Å². The van der Waals surface area contributed by atoms with E-state index >= 15 is 0 Å². The van der Waals surface area contributed by atoms with Gasteiger partial charge in [0.1, 0.15) is 17.5 Å². The Bertz CT molecular complexity index is 1450. The van der Waals surface area contributed by atoms with Crippen molar-refractivity contribution in [2.24, 2.45) is 0 Å². The van der Waals surface area contributed by atoms with Crippen molar-refractivity contribution in [3.8, 4) is 11.3 Å². The molecular formula is C30H35F4N6NaO2S. The molecule has 8 nitrogen and oxygen atoms in total. The van der Waals surface area contributed by atoms with E-state index in [1.54, 1.807) is 0 Å². The maximum absolute atomic E-state index is 14.4. The van der Waals surface area contributed by atoms with Gasteiger partial charge >= 0.3 is 35.7 Å². The van der Waals surface area contributed by atoms with Gasteiger partial charge in [-0.2, -0.15) is 13.2 Å². The third-order valence-corrected chi connectivity index (χ3v) is 9.28. The van der Waals surface area contributed by atoms with Crippen molar-refractivity contribution in [3.63, 3.8) is 0 Å². The predicted octanol–water partition coefficient (Wildman–Crippen LogP) is 1.30. The van der Waals surface area contributed by atoms with Crippen LogP contribution in [0.2, 0.25) is 0 Å². The summed E-state index contributed by atoms with van der Waals surface area (Å²) in [5.74, 6) is -0.666. The normalized spacial score (nSPS) is 19.8. The largest absolute Gasteiger partial charge is 1.00 e. The fourth-order valence-corrected chi connectivity index (χ4v) is 7.01. The van der Waals surface area contributed by atoms with Crippen molar-refractivity contribution in [2.45, 2.75) is 71.3 Å². The number of benzene rings is 1. The molecule has 0 N–H and O–H groups in total. The van der Waals surface area contributed by atoms with Crippen molar-refractivity contribution in [2.75, 3.05) is 37.6 Å². The predicted molar refractivity (Wildman–Crippen MR) is 154 cm³/mol. The zero-order valence-electron chi connectivity index (χ0n) is 25.5. The molecule has 2 aliphatic heterocycles. The van der Waals surface area contributed by atoms with Gasteiger partial charge in [-0.3, -0.25) is 9.80 Å². The number of nitrogens with zero attached hydrogens (tertiary/aromatic N) is 6. The van der Waals surface area contributed by atoms with E-state index < -0.39 is 23.5 Å². The molecule has 0 amide bonds. The SMILES string of the molecule is Cc1nc(Cc2nc(-c3cc(F)cc(C(F)(F)F)c3)c(CN3[C@H](C)CC[C@H]3C)s2)cc(N2CCN(CCC(=O)[O-])CC2)n1.[Na+]. The monoisotopic (exact) mass is 642 g/mol. The zero-order valence-corrected chi connectivity index (χ0v) is 28.3. The molecular weight excluding hydrogens is 607 g/mol. The zero-order chi connectivity index (χ0) is 30.9. The third-order valence-electron chi connectivity index (χ3n) is 8.24. The number of carbonyl (C=O) groups excluding carboxylic acids is 1. The number of thiazole rings is 1. The number of likely N-dealkylation sites (tertiary alicyclic amines) is 1. The van der Waals surface area contributed by atoms with Gasteiger partial charge in [-0.15, -0.1) is 11.3 Å². The van der Waals surface area contributed by atoms with E-state index in [2.05, 4.69) is 38.5 Å². The number of aryl methyl sites for hydroxylation is 1. The van der Waals surface area contributed by atoms with Crippen LogP contribution < -0.4 is 39.6 Å². The minimum Gasteiger partial charge on any atom is -0.550 e. The van der Waals surface area contributed by atoms with E-state index in [-0.39, 0.29) is 41.5 Å². The molecule has 232 valence electrons. The van der Waals surface area contributed by atoms with Crippen LogP contribution in [0.1, 0.15) is 60.1 Å². The maximum Gasteiger partial charge on any atom is 1.00 e. The number of carboxylic acid groups (broad SMARTS) is 1. The first-order chi connectivity index (χ1) is 20.4. The van der Waals surface area contributed by atoms with Crippen LogP contribution in [-0.2, 0) is 23.9 Å². The quantitative estimate of drug-likeness (QED) is 0.255. The third kappa shape index (κ3) is 8.55. The Labute approximate surface area is 280 Å². The van der Waals surface area contributed by atoms with E-state index in [4.69, 9.17) is 4.98 Å². The van der Waals surface area contributed by atoms with Crippen LogP contribution in [0.3, 0.4) is 0 Å². The summed E-state index contributed by atoms with van der Waals surface area (Å²) in [5, 5.41) is 11.5. The number of alkyl halides is 3.